The van der Waals surface area contributed by atoms with Crippen LogP contribution in [-0.2, 0) is 4.79 Å². The summed E-state index contributed by atoms with van der Waals surface area (Å²) in [4.78, 5) is 19.6. The summed E-state index contributed by atoms with van der Waals surface area (Å²) in [5.74, 6) is 1.30. The standard InChI is InChI=1S/C18H33N3O/c1-16-6-4-5-9-21(16)18(22)15-20-12-10-19(11-13-20)14-17-7-2-3-8-17/h16-17H,2-15H2,1H3. The van der Waals surface area contributed by atoms with E-state index in [1.807, 2.05) is 0 Å². The summed E-state index contributed by atoms with van der Waals surface area (Å²) >= 11 is 0. The molecule has 1 unspecified atom stereocenters. The third-order valence-electron chi connectivity index (χ3n) is 5.94. The summed E-state index contributed by atoms with van der Waals surface area (Å²) in [5, 5.41) is 0. The Balaban J connectivity index is 1.38. The summed E-state index contributed by atoms with van der Waals surface area (Å²) < 4.78 is 0. The van der Waals surface area contributed by atoms with Crippen LogP contribution in [0, 0.1) is 5.92 Å². The second-order valence-corrected chi connectivity index (χ2v) is 7.66. The van der Waals surface area contributed by atoms with Gasteiger partial charge in [0.1, 0.15) is 0 Å². The quantitative estimate of drug-likeness (QED) is 0.796. The van der Waals surface area contributed by atoms with Gasteiger partial charge in [-0.2, -0.15) is 0 Å². The average Bonchev–Trinajstić information content (AvgIpc) is 3.02. The first-order chi connectivity index (χ1) is 10.7. The van der Waals surface area contributed by atoms with Gasteiger partial charge in [0.05, 0.1) is 6.54 Å². The Labute approximate surface area is 135 Å². The lowest BCUT2D eigenvalue weighted by Crippen LogP contribution is -2.52. The van der Waals surface area contributed by atoms with Crippen LogP contribution in [0.1, 0.15) is 51.9 Å². The van der Waals surface area contributed by atoms with E-state index in [1.54, 1.807) is 0 Å². The molecule has 0 radical (unpaired) electrons. The number of piperazine rings is 1. The van der Waals surface area contributed by atoms with Gasteiger partial charge < -0.3 is 9.80 Å². The second kappa shape index (κ2) is 7.78. The van der Waals surface area contributed by atoms with Gasteiger partial charge in [-0.05, 0) is 44.9 Å². The zero-order chi connectivity index (χ0) is 15.4. The normalized spacial score (nSPS) is 29.1. The lowest BCUT2D eigenvalue weighted by Gasteiger charge is -2.38. The summed E-state index contributed by atoms with van der Waals surface area (Å²) in [7, 11) is 0. The smallest absolute Gasteiger partial charge is 0.236 e. The second-order valence-electron chi connectivity index (χ2n) is 7.66. The highest BCUT2D eigenvalue weighted by Crippen LogP contribution is 2.25. The molecule has 4 nitrogen and oxygen atoms in total. The summed E-state index contributed by atoms with van der Waals surface area (Å²) in [6.45, 7) is 9.56. The molecule has 3 aliphatic rings. The van der Waals surface area contributed by atoms with Crippen LogP contribution in [-0.4, -0.2) is 72.5 Å². The van der Waals surface area contributed by atoms with E-state index in [0.29, 0.717) is 18.5 Å². The molecule has 1 atom stereocenters. The monoisotopic (exact) mass is 307 g/mol. The molecule has 0 aromatic carbocycles. The minimum atomic E-state index is 0.358. The average molecular weight is 307 g/mol. The third-order valence-corrected chi connectivity index (χ3v) is 5.94. The van der Waals surface area contributed by atoms with Gasteiger partial charge in [-0.1, -0.05) is 12.8 Å². The Morgan fingerprint density at radius 1 is 0.864 bits per heavy atom. The van der Waals surface area contributed by atoms with Crippen LogP contribution in [0.4, 0.5) is 0 Å². The molecular weight excluding hydrogens is 274 g/mol. The molecule has 2 saturated heterocycles. The first kappa shape index (κ1) is 16.3. The van der Waals surface area contributed by atoms with Crippen molar-refractivity contribution in [2.75, 3.05) is 45.8 Å². The molecule has 0 bridgehead atoms. The molecular formula is C18H33N3O. The number of hydrogen-bond acceptors (Lipinski definition) is 3. The Morgan fingerprint density at radius 2 is 1.50 bits per heavy atom. The number of piperidine rings is 1. The predicted octanol–water partition coefficient (Wildman–Crippen LogP) is 2.20. The Bertz CT molecular complexity index is 359. The highest BCUT2D eigenvalue weighted by atomic mass is 16.2. The molecule has 22 heavy (non-hydrogen) atoms. The van der Waals surface area contributed by atoms with Crippen LogP contribution in [0.2, 0.25) is 0 Å². The van der Waals surface area contributed by atoms with Gasteiger partial charge in [0, 0.05) is 45.3 Å². The predicted molar refractivity (Wildman–Crippen MR) is 89.9 cm³/mol. The van der Waals surface area contributed by atoms with E-state index in [4.69, 9.17) is 0 Å². The van der Waals surface area contributed by atoms with E-state index in [-0.39, 0.29) is 0 Å². The van der Waals surface area contributed by atoms with Crippen LogP contribution in [0.15, 0.2) is 0 Å². The molecule has 3 fully saturated rings. The maximum atomic E-state index is 12.5. The Hall–Kier alpha value is -0.610. The highest BCUT2D eigenvalue weighted by Gasteiger charge is 2.27. The van der Waals surface area contributed by atoms with Crippen molar-refractivity contribution >= 4 is 5.91 Å². The number of carbonyl (C=O) groups excluding carboxylic acids is 1. The summed E-state index contributed by atoms with van der Waals surface area (Å²) in [5.41, 5.74) is 0. The fourth-order valence-electron chi connectivity index (χ4n) is 4.44. The van der Waals surface area contributed by atoms with E-state index in [9.17, 15) is 4.79 Å². The van der Waals surface area contributed by atoms with Gasteiger partial charge in [-0.3, -0.25) is 9.69 Å². The third kappa shape index (κ3) is 4.23. The van der Waals surface area contributed by atoms with Gasteiger partial charge in [-0.25, -0.2) is 0 Å². The van der Waals surface area contributed by atoms with Crippen molar-refractivity contribution < 1.29 is 4.79 Å². The number of nitrogens with zero attached hydrogens (tertiary/aromatic N) is 3. The molecule has 0 spiro atoms. The van der Waals surface area contributed by atoms with Gasteiger partial charge in [0.25, 0.3) is 0 Å². The maximum absolute atomic E-state index is 12.5. The fourth-order valence-corrected chi connectivity index (χ4v) is 4.44. The molecule has 1 saturated carbocycles. The van der Waals surface area contributed by atoms with Crippen LogP contribution >= 0.6 is 0 Å². The number of amides is 1. The van der Waals surface area contributed by atoms with Crippen molar-refractivity contribution in [1.82, 2.24) is 14.7 Å². The first-order valence-electron chi connectivity index (χ1n) is 9.46. The van der Waals surface area contributed by atoms with Gasteiger partial charge in [0.2, 0.25) is 5.91 Å². The largest absolute Gasteiger partial charge is 0.339 e. The van der Waals surface area contributed by atoms with E-state index >= 15 is 0 Å². The van der Waals surface area contributed by atoms with E-state index in [1.165, 1.54) is 51.5 Å². The molecule has 4 heteroatoms. The Morgan fingerprint density at radius 3 is 2.18 bits per heavy atom. The molecule has 1 amide bonds. The lowest BCUT2D eigenvalue weighted by atomic mass is 10.0. The number of likely N-dealkylation sites (tertiary alicyclic amines) is 1. The van der Waals surface area contributed by atoms with Crippen molar-refractivity contribution in [2.45, 2.75) is 57.9 Å². The van der Waals surface area contributed by atoms with Crippen molar-refractivity contribution in [3.63, 3.8) is 0 Å². The zero-order valence-corrected chi connectivity index (χ0v) is 14.3. The van der Waals surface area contributed by atoms with Crippen molar-refractivity contribution in [3.05, 3.63) is 0 Å². The van der Waals surface area contributed by atoms with E-state index in [2.05, 4.69) is 21.6 Å². The van der Waals surface area contributed by atoms with Gasteiger partial charge in [0.15, 0.2) is 0 Å². The number of hydrogen-bond donors (Lipinski definition) is 0. The van der Waals surface area contributed by atoms with Crippen LogP contribution in [0.3, 0.4) is 0 Å². The maximum Gasteiger partial charge on any atom is 0.236 e. The van der Waals surface area contributed by atoms with Crippen molar-refractivity contribution in [2.24, 2.45) is 5.92 Å². The summed E-state index contributed by atoms with van der Waals surface area (Å²) in [6, 6.07) is 0.449. The number of rotatable bonds is 4. The molecule has 3 rings (SSSR count). The minimum absolute atomic E-state index is 0.358. The highest BCUT2D eigenvalue weighted by molar-refractivity contribution is 5.78. The Kier molecular flexibility index (Phi) is 5.75. The zero-order valence-electron chi connectivity index (χ0n) is 14.3. The first-order valence-corrected chi connectivity index (χ1v) is 9.46. The molecule has 2 aliphatic heterocycles. The molecule has 0 aromatic rings. The number of carbonyl (C=O) groups is 1. The van der Waals surface area contributed by atoms with E-state index < -0.39 is 0 Å². The molecule has 0 N–H and O–H groups in total. The molecule has 1 aliphatic carbocycles. The van der Waals surface area contributed by atoms with Crippen LogP contribution in [0.25, 0.3) is 0 Å². The van der Waals surface area contributed by atoms with Crippen LogP contribution < -0.4 is 0 Å². The minimum Gasteiger partial charge on any atom is -0.339 e. The molecule has 2 heterocycles. The van der Waals surface area contributed by atoms with Crippen molar-refractivity contribution in [3.8, 4) is 0 Å². The molecule has 0 aromatic heterocycles. The van der Waals surface area contributed by atoms with Gasteiger partial charge in [-0.15, -0.1) is 0 Å². The van der Waals surface area contributed by atoms with Crippen LogP contribution in [0.5, 0.6) is 0 Å². The van der Waals surface area contributed by atoms with E-state index in [0.717, 1.165) is 38.6 Å². The topological polar surface area (TPSA) is 26.8 Å². The van der Waals surface area contributed by atoms with Crippen molar-refractivity contribution in [1.29, 1.82) is 0 Å². The summed E-state index contributed by atoms with van der Waals surface area (Å²) in [6.07, 6.45) is 9.40. The molecule has 126 valence electrons. The lowest BCUT2D eigenvalue weighted by molar-refractivity contribution is -0.136. The fraction of sp³-hybridized carbons (Fsp3) is 0.944. The SMILES string of the molecule is CC1CCCCN1C(=O)CN1CCN(CC2CCCC2)CC1. The van der Waals surface area contributed by atoms with Gasteiger partial charge >= 0.3 is 0 Å².